The minimum absolute atomic E-state index is 0.185. The molecular formula is C26H22ClN3O5. The number of benzene rings is 3. The van der Waals surface area contributed by atoms with Gasteiger partial charge in [-0.1, -0.05) is 23.7 Å². The largest absolute Gasteiger partial charge is 0.385 e. The molecule has 9 heteroatoms. The van der Waals surface area contributed by atoms with Crippen LogP contribution < -0.4 is 10.6 Å². The van der Waals surface area contributed by atoms with E-state index in [0.717, 1.165) is 4.90 Å². The van der Waals surface area contributed by atoms with Crippen LogP contribution in [0.2, 0.25) is 5.02 Å². The molecule has 0 atom stereocenters. The molecule has 8 nitrogen and oxygen atoms in total. The van der Waals surface area contributed by atoms with Gasteiger partial charge in [-0.05, 0) is 61.0 Å². The fraction of sp³-hybridized carbons (Fsp3) is 0.154. The molecule has 4 rings (SSSR count). The van der Waals surface area contributed by atoms with Gasteiger partial charge >= 0.3 is 0 Å². The second-order valence-corrected chi connectivity index (χ2v) is 8.27. The summed E-state index contributed by atoms with van der Waals surface area (Å²) in [5.74, 6) is -1.67. The maximum absolute atomic E-state index is 13.0. The molecular weight excluding hydrogens is 470 g/mol. The van der Waals surface area contributed by atoms with Gasteiger partial charge in [0.25, 0.3) is 23.6 Å². The molecule has 0 radical (unpaired) electrons. The molecule has 0 spiro atoms. The molecule has 0 bridgehead atoms. The Balaban J connectivity index is 1.50. The van der Waals surface area contributed by atoms with E-state index in [4.69, 9.17) is 16.3 Å². The molecule has 0 fully saturated rings. The van der Waals surface area contributed by atoms with E-state index in [-0.39, 0.29) is 35.0 Å². The van der Waals surface area contributed by atoms with Gasteiger partial charge in [0.2, 0.25) is 0 Å². The lowest BCUT2D eigenvalue weighted by Gasteiger charge is -2.13. The highest BCUT2D eigenvalue weighted by Gasteiger charge is 2.35. The Morgan fingerprint density at radius 1 is 0.829 bits per heavy atom. The normalized spacial score (nSPS) is 12.5. The molecule has 3 aromatic carbocycles. The number of amides is 4. The van der Waals surface area contributed by atoms with E-state index in [1.807, 2.05) is 0 Å². The molecule has 1 heterocycles. The molecule has 0 saturated carbocycles. The van der Waals surface area contributed by atoms with Gasteiger partial charge in [0.05, 0.1) is 22.5 Å². The highest BCUT2D eigenvalue weighted by atomic mass is 35.5. The predicted octanol–water partition coefficient (Wildman–Crippen LogP) is 4.48. The number of fused-ring (bicyclic) bond motifs is 1. The Morgan fingerprint density at radius 3 is 2.03 bits per heavy atom. The Morgan fingerprint density at radius 2 is 1.40 bits per heavy atom. The van der Waals surface area contributed by atoms with E-state index in [2.05, 4.69) is 10.6 Å². The van der Waals surface area contributed by atoms with Gasteiger partial charge < -0.3 is 15.4 Å². The summed E-state index contributed by atoms with van der Waals surface area (Å²) >= 11 is 5.88. The zero-order valence-corrected chi connectivity index (χ0v) is 19.6. The van der Waals surface area contributed by atoms with Gasteiger partial charge in [0.15, 0.2) is 0 Å². The minimum Gasteiger partial charge on any atom is -0.385 e. The average molecular weight is 492 g/mol. The molecule has 2 N–H and O–H groups in total. The van der Waals surface area contributed by atoms with Crippen molar-refractivity contribution in [1.82, 2.24) is 4.90 Å². The Kier molecular flexibility index (Phi) is 7.24. The lowest BCUT2D eigenvalue weighted by Crippen LogP contribution is -2.31. The van der Waals surface area contributed by atoms with Crippen LogP contribution in [0.15, 0.2) is 66.7 Å². The van der Waals surface area contributed by atoms with Crippen LogP contribution in [0, 0.1) is 0 Å². The molecule has 3 aromatic rings. The number of carbonyl (C=O) groups is 4. The summed E-state index contributed by atoms with van der Waals surface area (Å²) < 4.78 is 4.99. The summed E-state index contributed by atoms with van der Waals surface area (Å²) in [4.78, 5) is 52.1. The van der Waals surface area contributed by atoms with E-state index in [1.54, 1.807) is 55.6 Å². The highest BCUT2D eigenvalue weighted by Crippen LogP contribution is 2.26. The molecule has 1 aliphatic heterocycles. The van der Waals surface area contributed by atoms with E-state index in [1.165, 1.54) is 18.2 Å². The number of hydrogen-bond acceptors (Lipinski definition) is 5. The van der Waals surface area contributed by atoms with Crippen LogP contribution in [0.25, 0.3) is 0 Å². The van der Waals surface area contributed by atoms with Crippen molar-refractivity contribution in [2.45, 2.75) is 6.42 Å². The van der Waals surface area contributed by atoms with E-state index in [0.29, 0.717) is 35.0 Å². The minimum atomic E-state index is -0.487. The monoisotopic (exact) mass is 491 g/mol. The van der Waals surface area contributed by atoms with Crippen molar-refractivity contribution in [2.75, 3.05) is 30.9 Å². The third-order valence-corrected chi connectivity index (χ3v) is 5.74. The number of rotatable bonds is 8. The second kappa shape index (κ2) is 10.5. The third kappa shape index (κ3) is 5.24. The second-order valence-electron chi connectivity index (χ2n) is 7.83. The highest BCUT2D eigenvalue weighted by molar-refractivity contribution is 6.30. The van der Waals surface area contributed by atoms with Gasteiger partial charge in [-0.3, -0.25) is 24.1 Å². The first-order valence-electron chi connectivity index (χ1n) is 10.9. The standard InChI is InChI=1S/C26H22ClN3O5/c1-35-14-4-13-30-25(33)19-12-9-17(15-20(19)26(30)34)24(32)29-22-6-3-2-5-21(22)28-23(31)16-7-10-18(27)11-8-16/h2-3,5-12,15H,4,13-14H2,1H3,(H,28,31)(H,29,32). The smallest absolute Gasteiger partial charge is 0.261 e. The van der Waals surface area contributed by atoms with E-state index < -0.39 is 11.8 Å². The van der Waals surface area contributed by atoms with Crippen molar-refractivity contribution >= 4 is 46.6 Å². The van der Waals surface area contributed by atoms with Crippen molar-refractivity contribution in [3.63, 3.8) is 0 Å². The Bertz CT molecular complexity index is 1310. The van der Waals surface area contributed by atoms with Gasteiger partial charge in [-0.25, -0.2) is 0 Å². The van der Waals surface area contributed by atoms with Crippen LogP contribution in [0.3, 0.4) is 0 Å². The van der Waals surface area contributed by atoms with Crippen LogP contribution in [-0.2, 0) is 4.74 Å². The molecule has 0 saturated heterocycles. The fourth-order valence-corrected chi connectivity index (χ4v) is 3.82. The van der Waals surface area contributed by atoms with Crippen LogP contribution in [0.4, 0.5) is 11.4 Å². The first kappa shape index (κ1) is 24.1. The zero-order chi connectivity index (χ0) is 24.9. The van der Waals surface area contributed by atoms with Crippen LogP contribution in [0.5, 0.6) is 0 Å². The number of anilines is 2. The first-order valence-corrected chi connectivity index (χ1v) is 11.2. The number of para-hydroxylation sites is 2. The van der Waals surface area contributed by atoms with Gasteiger partial charge in [0.1, 0.15) is 0 Å². The Hall–Kier alpha value is -4.01. The lowest BCUT2D eigenvalue weighted by molar-refractivity contribution is 0.0638. The van der Waals surface area contributed by atoms with Crippen molar-refractivity contribution in [1.29, 1.82) is 0 Å². The number of methoxy groups -OCH3 is 1. The number of nitrogens with zero attached hydrogens (tertiary/aromatic N) is 1. The van der Waals surface area contributed by atoms with E-state index in [9.17, 15) is 19.2 Å². The number of halogens is 1. The van der Waals surface area contributed by atoms with Gasteiger partial charge in [-0.2, -0.15) is 0 Å². The van der Waals surface area contributed by atoms with E-state index >= 15 is 0 Å². The summed E-state index contributed by atoms with van der Waals surface area (Å²) in [6.07, 6.45) is 0.522. The molecule has 178 valence electrons. The number of imide groups is 1. The number of nitrogens with one attached hydrogen (secondary N) is 2. The average Bonchev–Trinajstić information content (AvgIpc) is 3.10. The third-order valence-electron chi connectivity index (χ3n) is 5.49. The van der Waals surface area contributed by atoms with Gasteiger partial charge in [0, 0.05) is 36.4 Å². The molecule has 0 aliphatic carbocycles. The summed E-state index contributed by atoms with van der Waals surface area (Å²) in [7, 11) is 1.55. The van der Waals surface area contributed by atoms with Crippen molar-refractivity contribution in [3.8, 4) is 0 Å². The summed E-state index contributed by atoms with van der Waals surface area (Å²) in [6.45, 7) is 0.664. The Labute approximate surface area is 206 Å². The van der Waals surface area contributed by atoms with Crippen molar-refractivity contribution < 1.29 is 23.9 Å². The summed E-state index contributed by atoms with van der Waals surface area (Å²) in [6, 6.07) is 17.6. The predicted molar refractivity (Wildman–Crippen MR) is 132 cm³/mol. The maximum Gasteiger partial charge on any atom is 0.261 e. The first-order chi connectivity index (χ1) is 16.9. The molecule has 35 heavy (non-hydrogen) atoms. The number of carbonyl (C=O) groups excluding carboxylic acids is 4. The topological polar surface area (TPSA) is 105 Å². The molecule has 1 aliphatic rings. The molecule has 0 aromatic heterocycles. The van der Waals surface area contributed by atoms with Gasteiger partial charge in [-0.15, -0.1) is 0 Å². The van der Waals surface area contributed by atoms with Crippen LogP contribution in [-0.4, -0.2) is 48.8 Å². The van der Waals surface area contributed by atoms with Crippen LogP contribution >= 0.6 is 11.6 Å². The summed E-state index contributed by atoms with van der Waals surface area (Å²) in [5, 5.41) is 6.05. The summed E-state index contributed by atoms with van der Waals surface area (Å²) in [5.41, 5.74) is 1.85. The molecule has 4 amide bonds. The number of ether oxygens (including phenoxy) is 1. The lowest BCUT2D eigenvalue weighted by atomic mass is 10.1. The van der Waals surface area contributed by atoms with Crippen molar-refractivity contribution in [2.24, 2.45) is 0 Å². The SMILES string of the molecule is COCCCN1C(=O)c2ccc(C(=O)Nc3ccccc3NC(=O)c3ccc(Cl)cc3)cc2C1=O. The quantitative estimate of drug-likeness (QED) is 0.357. The fourth-order valence-electron chi connectivity index (χ4n) is 3.69. The maximum atomic E-state index is 13.0. The zero-order valence-electron chi connectivity index (χ0n) is 18.8. The van der Waals surface area contributed by atoms with Crippen LogP contribution in [0.1, 0.15) is 47.9 Å². The van der Waals surface area contributed by atoms with Crippen molar-refractivity contribution in [3.05, 3.63) is 94.0 Å². The molecule has 0 unspecified atom stereocenters. The number of hydrogen-bond donors (Lipinski definition) is 2.